The smallest absolute Gasteiger partial charge is 0.385 e. The molecular weight excluding hydrogens is 305 g/mol. The Labute approximate surface area is 132 Å². The van der Waals surface area contributed by atoms with E-state index in [1.54, 1.807) is 12.1 Å². The summed E-state index contributed by atoms with van der Waals surface area (Å²) in [6.07, 6.45) is -3.40. The molecule has 122 valence electrons. The van der Waals surface area contributed by atoms with Gasteiger partial charge in [0.25, 0.3) is 5.91 Å². The topological polar surface area (TPSA) is 41.1 Å². The van der Waals surface area contributed by atoms with E-state index < -0.39 is 17.6 Å². The molecule has 0 saturated carbocycles. The monoisotopic (exact) mass is 322 g/mol. The van der Waals surface area contributed by atoms with E-state index in [0.29, 0.717) is 5.69 Å². The first-order valence-corrected chi connectivity index (χ1v) is 7.22. The second kappa shape index (κ2) is 7.17. The Bertz CT molecular complexity index is 649. The quantitative estimate of drug-likeness (QED) is 0.832. The predicted molar refractivity (Wildman–Crippen MR) is 84.6 cm³/mol. The van der Waals surface area contributed by atoms with Gasteiger partial charge in [-0.15, -0.1) is 0 Å². The molecule has 0 spiro atoms. The zero-order chi connectivity index (χ0) is 16.9. The highest BCUT2D eigenvalue weighted by Gasteiger charge is 2.30. The minimum Gasteiger partial charge on any atom is -0.385 e. The van der Waals surface area contributed by atoms with Crippen molar-refractivity contribution in [2.24, 2.45) is 0 Å². The summed E-state index contributed by atoms with van der Waals surface area (Å²) in [5.41, 5.74) is 0.919. The number of hydrogen-bond donors (Lipinski definition) is 2. The van der Waals surface area contributed by atoms with Crippen molar-refractivity contribution in [2.75, 3.05) is 17.2 Å². The average molecular weight is 322 g/mol. The van der Waals surface area contributed by atoms with Crippen LogP contribution in [-0.2, 0) is 6.18 Å². The highest BCUT2D eigenvalue weighted by Crippen LogP contribution is 2.29. The van der Waals surface area contributed by atoms with Crippen molar-refractivity contribution >= 4 is 17.3 Å². The molecule has 0 unspecified atom stereocenters. The maximum absolute atomic E-state index is 12.5. The molecule has 3 nitrogen and oxygen atoms in total. The van der Waals surface area contributed by atoms with Crippen molar-refractivity contribution in [3.8, 4) is 0 Å². The second-order valence-electron chi connectivity index (χ2n) is 5.03. The van der Waals surface area contributed by atoms with Crippen LogP contribution in [0.4, 0.5) is 24.5 Å². The van der Waals surface area contributed by atoms with Crippen LogP contribution in [-0.4, -0.2) is 12.5 Å². The summed E-state index contributed by atoms with van der Waals surface area (Å²) in [5, 5.41) is 5.86. The van der Waals surface area contributed by atoms with E-state index >= 15 is 0 Å². The fourth-order valence-electron chi connectivity index (χ4n) is 1.95. The molecule has 2 N–H and O–H groups in total. The van der Waals surface area contributed by atoms with Crippen LogP contribution in [0, 0.1) is 0 Å². The highest BCUT2D eigenvalue weighted by molar-refractivity contribution is 6.04. The molecule has 6 heteroatoms. The van der Waals surface area contributed by atoms with Crippen LogP contribution in [0.15, 0.2) is 48.5 Å². The summed E-state index contributed by atoms with van der Waals surface area (Å²) >= 11 is 0. The fraction of sp³-hybridized carbons (Fsp3) is 0.235. The van der Waals surface area contributed by atoms with E-state index in [2.05, 4.69) is 17.6 Å². The Morgan fingerprint density at radius 3 is 2.04 bits per heavy atom. The number of carbonyl (C=O) groups is 1. The Morgan fingerprint density at radius 1 is 0.957 bits per heavy atom. The Hall–Kier alpha value is -2.50. The third kappa shape index (κ3) is 4.74. The van der Waals surface area contributed by atoms with E-state index in [1.807, 2.05) is 12.1 Å². The highest BCUT2D eigenvalue weighted by atomic mass is 19.4. The van der Waals surface area contributed by atoms with E-state index in [1.165, 1.54) is 0 Å². The number of carbonyl (C=O) groups excluding carboxylic acids is 1. The number of halogens is 3. The van der Waals surface area contributed by atoms with Crippen molar-refractivity contribution in [2.45, 2.75) is 19.5 Å². The minimum atomic E-state index is -4.41. The average Bonchev–Trinajstić information content (AvgIpc) is 2.53. The van der Waals surface area contributed by atoms with E-state index in [-0.39, 0.29) is 5.56 Å². The van der Waals surface area contributed by atoms with Crippen molar-refractivity contribution < 1.29 is 18.0 Å². The first-order valence-electron chi connectivity index (χ1n) is 7.22. The van der Waals surface area contributed by atoms with Gasteiger partial charge in [-0.2, -0.15) is 13.2 Å². The molecule has 0 fully saturated rings. The van der Waals surface area contributed by atoms with Gasteiger partial charge in [-0.3, -0.25) is 4.79 Å². The number of alkyl halides is 3. The number of rotatable bonds is 5. The third-order valence-corrected chi connectivity index (χ3v) is 3.20. The zero-order valence-electron chi connectivity index (χ0n) is 12.6. The van der Waals surface area contributed by atoms with Crippen LogP contribution in [0.1, 0.15) is 29.3 Å². The first kappa shape index (κ1) is 16.9. The predicted octanol–water partition coefficient (Wildman–Crippen LogP) is 4.78. The van der Waals surface area contributed by atoms with Gasteiger partial charge in [0, 0.05) is 23.5 Å². The lowest BCUT2D eigenvalue weighted by molar-refractivity contribution is -0.137. The summed E-state index contributed by atoms with van der Waals surface area (Å²) < 4.78 is 37.5. The maximum atomic E-state index is 12.5. The fourth-order valence-corrected chi connectivity index (χ4v) is 1.95. The molecule has 0 heterocycles. The van der Waals surface area contributed by atoms with Gasteiger partial charge in [0.15, 0.2) is 0 Å². The van der Waals surface area contributed by atoms with Gasteiger partial charge in [0.05, 0.1) is 5.56 Å². The lowest BCUT2D eigenvalue weighted by atomic mass is 10.1. The molecule has 1 amide bonds. The number of nitrogens with one attached hydrogen (secondary N) is 2. The van der Waals surface area contributed by atoms with Gasteiger partial charge in [-0.25, -0.2) is 0 Å². The van der Waals surface area contributed by atoms with Crippen molar-refractivity contribution in [1.82, 2.24) is 0 Å². The minimum absolute atomic E-state index is 0.172. The summed E-state index contributed by atoms with van der Waals surface area (Å²) in [6.45, 7) is 2.92. The zero-order valence-corrected chi connectivity index (χ0v) is 12.6. The van der Waals surface area contributed by atoms with Crippen molar-refractivity contribution in [3.05, 3.63) is 59.7 Å². The number of hydrogen-bond acceptors (Lipinski definition) is 2. The Morgan fingerprint density at radius 2 is 1.52 bits per heavy atom. The maximum Gasteiger partial charge on any atom is 0.416 e. The molecule has 2 rings (SSSR count). The normalized spacial score (nSPS) is 11.1. The Balaban J connectivity index is 2.01. The van der Waals surface area contributed by atoms with Gasteiger partial charge in [-0.05, 0) is 55.0 Å². The van der Waals surface area contributed by atoms with E-state index in [0.717, 1.165) is 42.9 Å². The third-order valence-electron chi connectivity index (χ3n) is 3.20. The van der Waals surface area contributed by atoms with Crippen molar-refractivity contribution in [3.63, 3.8) is 0 Å². The summed E-state index contributed by atoms with van der Waals surface area (Å²) in [6, 6.07) is 11.3. The molecule has 0 atom stereocenters. The van der Waals surface area contributed by atoms with Crippen LogP contribution in [0.3, 0.4) is 0 Å². The van der Waals surface area contributed by atoms with E-state index in [4.69, 9.17) is 0 Å². The van der Waals surface area contributed by atoms with Gasteiger partial charge < -0.3 is 10.6 Å². The lowest BCUT2D eigenvalue weighted by Gasteiger charge is -2.09. The Kier molecular flexibility index (Phi) is 5.26. The number of anilines is 2. The standard InChI is InChI=1S/C17H17F3N2O/c1-2-11-21-14-7-9-15(10-8-14)22-16(23)12-3-5-13(6-4-12)17(18,19)20/h3-10,21H,2,11H2,1H3,(H,22,23). The molecule has 0 aliphatic carbocycles. The van der Waals surface area contributed by atoms with Gasteiger partial charge >= 0.3 is 6.18 Å². The largest absolute Gasteiger partial charge is 0.416 e. The molecular formula is C17H17F3N2O. The van der Waals surface area contributed by atoms with Gasteiger partial charge in [-0.1, -0.05) is 6.92 Å². The van der Waals surface area contributed by atoms with Crippen LogP contribution in [0.25, 0.3) is 0 Å². The van der Waals surface area contributed by atoms with Crippen LogP contribution < -0.4 is 10.6 Å². The van der Waals surface area contributed by atoms with Crippen LogP contribution in [0.2, 0.25) is 0 Å². The van der Waals surface area contributed by atoms with Gasteiger partial charge in [0.1, 0.15) is 0 Å². The first-order chi connectivity index (χ1) is 10.9. The number of amides is 1. The molecule has 2 aromatic rings. The second-order valence-corrected chi connectivity index (χ2v) is 5.03. The van der Waals surface area contributed by atoms with Crippen molar-refractivity contribution in [1.29, 1.82) is 0 Å². The van der Waals surface area contributed by atoms with Gasteiger partial charge in [0.2, 0.25) is 0 Å². The molecule has 2 aromatic carbocycles. The van der Waals surface area contributed by atoms with Crippen LogP contribution in [0.5, 0.6) is 0 Å². The summed E-state index contributed by atoms with van der Waals surface area (Å²) in [7, 11) is 0. The van der Waals surface area contributed by atoms with E-state index in [9.17, 15) is 18.0 Å². The summed E-state index contributed by atoms with van der Waals surface area (Å²) in [4.78, 5) is 12.0. The molecule has 0 radical (unpaired) electrons. The lowest BCUT2D eigenvalue weighted by Crippen LogP contribution is -2.13. The molecule has 23 heavy (non-hydrogen) atoms. The number of benzene rings is 2. The molecule has 0 aliphatic heterocycles. The molecule has 0 aromatic heterocycles. The molecule has 0 bridgehead atoms. The summed E-state index contributed by atoms with van der Waals surface area (Å²) in [5.74, 6) is -0.451. The van der Waals surface area contributed by atoms with Crippen LogP contribution >= 0.6 is 0 Å². The molecule has 0 aliphatic rings. The SMILES string of the molecule is CCCNc1ccc(NC(=O)c2ccc(C(F)(F)F)cc2)cc1. The molecule has 0 saturated heterocycles.